The highest BCUT2D eigenvalue weighted by molar-refractivity contribution is 5.73. The number of rotatable bonds is 3. The van der Waals surface area contributed by atoms with E-state index in [9.17, 15) is 0 Å². The molecule has 1 N–H and O–H groups in total. The zero-order chi connectivity index (χ0) is 17.1. The van der Waals surface area contributed by atoms with E-state index in [2.05, 4.69) is 36.1 Å². The van der Waals surface area contributed by atoms with Gasteiger partial charge in [0.15, 0.2) is 0 Å². The van der Waals surface area contributed by atoms with Crippen molar-refractivity contribution in [3.05, 3.63) is 23.3 Å². The molecule has 1 atom stereocenters. The fourth-order valence-corrected chi connectivity index (χ4v) is 3.74. The molecule has 2 aromatic heterocycles. The number of hydrogen-bond acceptors (Lipinski definition) is 5. The molecular formula is C18H25N5O. The summed E-state index contributed by atoms with van der Waals surface area (Å²) in [6.45, 7) is 7.63. The van der Waals surface area contributed by atoms with Crippen LogP contribution in [0, 0.1) is 5.41 Å². The Bertz CT molecular complexity index is 785. The van der Waals surface area contributed by atoms with Crippen LogP contribution >= 0.6 is 0 Å². The molecule has 1 aliphatic carbocycles. The van der Waals surface area contributed by atoms with Gasteiger partial charge in [0.05, 0.1) is 24.1 Å². The molecule has 0 spiro atoms. The van der Waals surface area contributed by atoms with E-state index in [0.717, 1.165) is 23.5 Å². The molecule has 3 heterocycles. The lowest BCUT2D eigenvalue weighted by Crippen LogP contribution is -2.27. The van der Waals surface area contributed by atoms with Gasteiger partial charge in [-0.3, -0.25) is 4.68 Å². The van der Waals surface area contributed by atoms with Gasteiger partial charge in [0, 0.05) is 31.1 Å². The number of ether oxygens (including phenoxy) is 1. The number of aromatic nitrogens is 4. The predicted octanol–water partition coefficient (Wildman–Crippen LogP) is 2.95. The zero-order valence-electron chi connectivity index (χ0n) is 15.1. The van der Waals surface area contributed by atoms with Crippen LogP contribution in [0.5, 0.6) is 5.88 Å². The first-order valence-corrected chi connectivity index (χ1v) is 8.60. The topological polar surface area (TPSA) is 64.9 Å². The van der Waals surface area contributed by atoms with Crippen molar-refractivity contribution in [3.8, 4) is 17.1 Å². The Labute approximate surface area is 142 Å². The predicted molar refractivity (Wildman–Crippen MR) is 91.8 cm³/mol. The standard InChI is InChI=1S/C18H25N5O/c1-18(2,3)16-12-11(8-19-16)23(4)22-15(12)13-14(10-6-7-10)20-9-21-17(13)24-5/h9-10,16,19H,6-8H2,1-5H3. The maximum Gasteiger partial charge on any atom is 0.226 e. The van der Waals surface area contributed by atoms with Gasteiger partial charge >= 0.3 is 0 Å². The van der Waals surface area contributed by atoms with Gasteiger partial charge in [-0.25, -0.2) is 9.97 Å². The summed E-state index contributed by atoms with van der Waals surface area (Å²) in [6, 6.07) is 0.258. The van der Waals surface area contributed by atoms with Gasteiger partial charge in [-0.15, -0.1) is 0 Å². The van der Waals surface area contributed by atoms with Gasteiger partial charge in [-0.05, 0) is 18.3 Å². The molecule has 6 nitrogen and oxygen atoms in total. The maximum atomic E-state index is 5.59. The van der Waals surface area contributed by atoms with Gasteiger partial charge in [0.2, 0.25) is 5.88 Å². The van der Waals surface area contributed by atoms with Crippen LogP contribution in [0.1, 0.15) is 62.5 Å². The third kappa shape index (κ3) is 2.32. The fourth-order valence-electron chi connectivity index (χ4n) is 3.74. The molecule has 1 aliphatic heterocycles. The van der Waals surface area contributed by atoms with Crippen LogP contribution in [0.15, 0.2) is 6.33 Å². The number of nitrogens with zero attached hydrogens (tertiary/aromatic N) is 4. The summed E-state index contributed by atoms with van der Waals surface area (Å²) in [4.78, 5) is 8.95. The Kier molecular flexibility index (Phi) is 3.42. The molecule has 0 radical (unpaired) electrons. The van der Waals surface area contributed by atoms with Crippen molar-refractivity contribution < 1.29 is 4.74 Å². The van der Waals surface area contributed by atoms with Crippen molar-refractivity contribution in [2.45, 2.75) is 52.1 Å². The van der Waals surface area contributed by atoms with Crippen molar-refractivity contribution in [2.24, 2.45) is 12.5 Å². The highest BCUT2D eigenvalue weighted by Gasteiger charge is 2.40. The van der Waals surface area contributed by atoms with Crippen molar-refractivity contribution >= 4 is 0 Å². The monoisotopic (exact) mass is 327 g/mol. The number of fused-ring (bicyclic) bond motifs is 1. The molecule has 2 aromatic rings. The molecule has 2 aliphatic rings. The van der Waals surface area contributed by atoms with E-state index in [0.29, 0.717) is 11.8 Å². The van der Waals surface area contributed by atoms with Gasteiger partial charge in [0.1, 0.15) is 12.0 Å². The highest BCUT2D eigenvalue weighted by Crippen LogP contribution is 2.49. The van der Waals surface area contributed by atoms with Gasteiger partial charge in [-0.1, -0.05) is 20.8 Å². The lowest BCUT2D eigenvalue weighted by molar-refractivity contribution is 0.287. The quantitative estimate of drug-likeness (QED) is 0.939. The Hall–Kier alpha value is -1.95. The molecule has 0 bridgehead atoms. The second-order valence-electron chi connectivity index (χ2n) is 7.93. The number of methoxy groups -OCH3 is 1. The molecule has 0 amide bonds. The van der Waals surface area contributed by atoms with Crippen LogP contribution in [-0.2, 0) is 13.6 Å². The molecular weight excluding hydrogens is 302 g/mol. The first kappa shape index (κ1) is 15.6. The first-order chi connectivity index (χ1) is 11.4. The van der Waals surface area contributed by atoms with Gasteiger partial charge in [0.25, 0.3) is 0 Å². The van der Waals surface area contributed by atoms with Gasteiger partial charge < -0.3 is 10.1 Å². The molecule has 24 heavy (non-hydrogen) atoms. The molecule has 6 heteroatoms. The van der Waals surface area contributed by atoms with Crippen LogP contribution < -0.4 is 10.1 Å². The minimum Gasteiger partial charge on any atom is -0.480 e. The SMILES string of the molecule is COc1ncnc(C2CC2)c1-c1nn(C)c2c1C(C(C)(C)C)NC2. The maximum absolute atomic E-state index is 5.59. The van der Waals surface area contributed by atoms with E-state index in [1.54, 1.807) is 13.4 Å². The largest absolute Gasteiger partial charge is 0.480 e. The Morgan fingerprint density at radius 3 is 2.62 bits per heavy atom. The van der Waals surface area contributed by atoms with Gasteiger partial charge in [-0.2, -0.15) is 5.10 Å². The molecule has 1 fully saturated rings. The molecule has 1 unspecified atom stereocenters. The summed E-state index contributed by atoms with van der Waals surface area (Å²) >= 11 is 0. The smallest absolute Gasteiger partial charge is 0.226 e. The van der Waals surface area contributed by atoms with Crippen molar-refractivity contribution in [1.82, 2.24) is 25.1 Å². The third-order valence-corrected chi connectivity index (χ3v) is 5.07. The van der Waals surface area contributed by atoms with E-state index in [1.165, 1.54) is 24.1 Å². The average Bonchev–Trinajstić information content (AvgIpc) is 3.19. The van der Waals surface area contributed by atoms with E-state index in [-0.39, 0.29) is 11.5 Å². The summed E-state index contributed by atoms with van der Waals surface area (Å²) in [5, 5.41) is 8.51. The summed E-state index contributed by atoms with van der Waals surface area (Å²) in [6.07, 6.45) is 3.98. The Balaban J connectivity index is 1.95. The van der Waals surface area contributed by atoms with Crippen LogP contribution in [0.3, 0.4) is 0 Å². The van der Waals surface area contributed by atoms with Crippen LogP contribution in [0.2, 0.25) is 0 Å². The van der Waals surface area contributed by atoms with Crippen molar-refractivity contribution in [3.63, 3.8) is 0 Å². The molecule has 0 saturated heterocycles. The third-order valence-electron chi connectivity index (χ3n) is 5.07. The minimum atomic E-state index is 0.103. The highest BCUT2D eigenvalue weighted by atomic mass is 16.5. The second-order valence-corrected chi connectivity index (χ2v) is 7.93. The molecule has 1 saturated carbocycles. The van der Waals surface area contributed by atoms with Crippen LogP contribution in [0.4, 0.5) is 0 Å². The van der Waals surface area contributed by atoms with E-state index >= 15 is 0 Å². The minimum absolute atomic E-state index is 0.103. The summed E-state index contributed by atoms with van der Waals surface area (Å²) in [5.41, 5.74) is 5.68. The lowest BCUT2D eigenvalue weighted by Gasteiger charge is -2.28. The fraction of sp³-hybridized carbons (Fsp3) is 0.611. The summed E-state index contributed by atoms with van der Waals surface area (Å²) < 4.78 is 7.58. The Morgan fingerprint density at radius 1 is 1.25 bits per heavy atom. The van der Waals surface area contributed by atoms with E-state index < -0.39 is 0 Å². The number of hydrogen-bond donors (Lipinski definition) is 1. The molecule has 128 valence electrons. The van der Waals surface area contributed by atoms with E-state index in [4.69, 9.17) is 9.84 Å². The van der Waals surface area contributed by atoms with Crippen molar-refractivity contribution in [2.75, 3.05) is 7.11 Å². The average molecular weight is 327 g/mol. The zero-order valence-corrected chi connectivity index (χ0v) is 15.1. The van der Waals surface area contributed by atoms with Crippen molar-refractivity contribution in [1.29, 1.82) is 0 Å². The van der Waals surface area contributed by atoms with Crippen LogP contribution in [-0.4, -0.2) is 26.9 Å². The summed E-state index contributed by atoms with van der Waals surface area (Å²) in [7, 11) is 3.69. The lowest BCUT2D eigenvalue weighted by atomic mass is 9.82. The number of nitrogens with one attached hydrogen (secondary N) is 1. The second kappa shape index (κ2) is 5.28. The normalized spacial score (nSPS) is 20.3. The molecule has 0 aromatic carbocycles. The Morgan fingerprint density at radius 2 is 2.00 bits per heavy atom. The summed E-state index contributed by atoms with van der Waals surface area (Å²) in [5.74, 6) is 1.14. The first-order valence-electron chi connectivity index (χ1n) is 8.60. The van der Waals surface area contributed by atoms with Crippen LogP contribution in [0.25, 0.3) is 11.3 Å². The number of aryl methyl sites for hydroxylation is 1. The van der Waals surface area contributed by atoms with E-state index in [1.807, 2.05) is 11.7 Å². The molecule has 4 rings (SSSR count).